The van der Waals surface area contributed by atoms with Gasteiger partial charge in [0, 0.05) is 28.9 Å². The van der Waals surface area contributed by atoms with Crippen LogP contribution in [-0.4, -0.2) is 20.1 Å². The van der Waals surface area contributed by atoms with Gasteiger partial charge < -0.3 is 5.11 Å². The largest absolute Gasteiger partial charge is 0.508 e. The highest BCUT2D eigenvalue weighted by Crippen LogP contribution is 2.27. The third kappa shape index (κ3) is 3.25. The molecule has 26 heavy (non-hydrogen) atoms. The fraction of sp³-hybridized carbons (Fsp3) is 0.0500. The van der Waals surface area contributed by atoms with Gasteiger partial charge >= 0.3 is 0 Å². The smallest absolute Gasteiger partial charge is 0.185 e. The lowest BCUT2D eigenvalue weighted by atomic mass is 10.2. The molecule has 0 saturated carbocycles. The van der Waals surface area contributed by atoms with E-state index in [1.807, 2.05) is 48.5 Å². The van der Waals surface area contributed by atoms with Crippen LogP contribution in [0, 0.1) is 0 Å². The maximum atomic E-state index is 9.84. The van der Waals surface area contributed by atoms with Crippen molar-refractivity contribution in [2.24, 2.45) is 10.2 Å². The Balaban J connectivity index is 1.73. The van der Waals surface area contributed by atoms with Crippen LogP contribution in [0.25, 0.3) is 22.3 Å². The Morgan fingerprint density at radius 1 is 0.885 bits per heavy atom. The van der Waals surface area contributed by atoms with E-state index in [4.69, 9.17) is 0 Å². The van der Waals surface area contributed by atoms with Gasteiger partial charge in [-0.2, -0.15) is 5.11 Å². The van der Waals surface area contributed by atoms with E-state index in [1.54, 1.807) is 24.5 Å². The summed E-state index contributed by atoms with van der Waals surface area (Å²) in [6.07, 6.45) is 3.42. The number of rotatable bonds is 4. The van der Waals surface area contributed by atoms with Gasteiger partial charge in [0.25, 0.3) is 0 Å². The zero-order chi connectivity index (χ0) is 17.8. The van der Waals surface area contributed by atoms with Crippen molar-refractivity contribution in [3.05, 3.63) is 78.6 Å². The molecular weight excluding hydrogens is 326 g/mol. The standard InChI is InChI=1S/C20H15N5O/c26-18-10-4-1-6-14(18)13-22-25-20-16-8-2-3-9-17(16)23-19(24-20)15-7-5-11-21-12-15/h1-12,26H,13H2. The molecular formula is C20H15N5O. The predicted octanol–water partition coefficient (Wildman–Crippen LogP) is 4.68. The molecule has 0 atom stereocenters. The van der Waals surface area contributed by atoms with Gasteiger partial charge in [0.1, 0.15) is 5.75 Å². The third-order valence-electron chi connectivity index (χ3n) is 3.90. The zero-order valence-corrected chi connectivity index (χ0v) is 13.8. The van der Waals surface area contributed by atoms with Crippen LogP contribution in [0.2, 0.25) is 0 Å². The number of benzene rings is 2. The minimum atomic E-state index is 0.204. The molecule has 0 saturated heterocycles. The monoisotopic (exact) mass is 341 g/mol. The zero-order valence-electron chi connectivity index (χ0n) is 13.8. The van der Waals surface area contributed by atoms with Gasteiger partial charge in [-0.1, -0.05) is 30.3 Å². The van der Waals surface area contributed by atoms with Crippen molar-refractivity contribution >= 4 is 16.7 Å². The molecule has 0 aliphatic heterocycles. The Morgan fingerprint density at radius 3 is 2.58 bits per heavy atom. The second-order valence-electron chi connectivity index (χ2n) is 5.66. The van der Waals surface area contributed by atoms with Crippen LogP contribution in [0.5, 0.6) is 5.75 Å². The number of phenols is 1. The van der Waals surface area contributed by atoms with E-state index >= 15 is 0 Å². The Bertz CT molecular complexity index is 1080. The number of aromatic nitrogens is 3. The topological polar surface area (TPSA) is 83.6 Å². The van der Waals surface area contributed by atoms with Crippen molar-refractivity contribution in [1.82, 2.24) is 15.0 Å². The maximum absolute atomic E-state index is 9.84. The molecule has 1 N–H and O–H groups in total. The molecule has 0 radical (unpaired) electrons. The molecule has 0 unspecified atom stereocenters. The van der Waals surface area contributed by atoms with Crippen molar-refractivity contribution in [2.45, 2.75) is 6.54 Å². The summed E-state index contributed by atoms with van der Waals surface area (Å²) < 4.78 is 0. The number of fused-ring (bicyclic) bond motifs is 1. The molecule has 6 nitrogen and oxygen atoms in total. The SMILES string of the molecule is Oc1ccccc1CN=Nc1nc(-c2cccnc2)nc2ccccc12. The van der Waals surface area contributed by atoms with Gasteiger partial charge in [-0.3, -0.25) is 4.98 Å². The molecule has 126 valence electrons. The molecule has 0 aliphatic carbocycles. The number of hydrogen-bond acceptors (Lipinski definition) is 6. The summed E-state index contributed by atoms with van der Waals surface area (Å²) in [6.45, 7) is 0.271. The molecule has 0 amide bonds. The highest BCUT2D eigenvalue weighted by Gasteiger charge is 2.09. The van der Waals surface area contributed by atoms with Crippen LogP contribution in [0.15, 0.2) is 83.3 Å². The van der Waals surface area contributed by atoms with Crippen LogP contribution in [0.3, 0.4) is 0 Å². The first-order valence-electron chi connectivity index (χ1n) is 8.13. The number of azo groups is 1. The minimum Gasteiger partial charge on any atom is -0.508 e. The first kappa shape index (κ1) is 15.8. The first-order valence-corrected chi connectivity index (χ1v) is 8.13. The number of phenolic OH excluding ortho intramolecular Hbond substituents is 1. The quantitative estimate of drug-likeness (QED) is 0.546. The molecule has 2 heterocycles. The number of pyridine rings is 1. The van der Waals surface area contributed by atoms with E-state index in [-0.39, 0.29) is 12.3 Å². The van der Waals surface area contributed by atoms with Gasteiger partial charge in [0.15, 0.2) is 11.6 Å². The number of hydrogen-bond donors (Lipinski definition) is 1. The molecule has 0 aliphatic rings. The van der Waals surface area contributed by atoms with Gasteiger partial charge in [-0.05, 0) is 30.3 Å². The fourth-order valence-electron chi connectivity index (χ4n) is 2.58. The van der Waals surface area contributed by atoms with Gasteiger partial charge in [-0.15, -0.1) is 5.11 Å². The third-order valence-corrected chi connectivity index (χ3v) is 3.90. The van der Waals surface area contributed by atoms with Crippen molar-refractivity contribution in [1.29, 1.82) is 0 Å². The minimum absolute atomic E-state index is 0.204. The summed E-state index contributed by atoms with van der Waals surface area (Å²) in [4.78, 5) is 13.3. The molecule has 0 bridgehead atoms. The second-order valence-corrected chi connectivity index (χ2v) is 5.66. The average molecular weight is 341 g/mol. The first-order chi connectivity index (χ1) is 12.8. The number of aromatic hydroxyl groups is 1. The predicted molar refractivity (Wildman–Crippen MR) is 99.1 cm³/mol. The Labute approximate surface area is 149 Å². The summed E-state index contributed by atoms with van der Waals surface area (Å²) in [6, 6.07) is 18.5. The summed E-state index contributed by atoms with van der Waals surface area (Å²) >= 11 is 0. The summed E-state index contributed by atoms with van der Waals surface area (Å²) in [5.41, 5.74) is 2.32. The van der Waals surface area contributed by atoms with Crippen LogP contribution in [0.4, 0.5) is 5.82 Å². The van der Waals surface area contributed by atoms with Gasteiger partial charge in [0.05, 0.1) is 12.1 Å². The van der Waals surface area contributed by atoms with Crippen molar-refractivity contribution in [3.8, 4) is 17.1 Å². The van der Waals surface area contributed by atoms with E-state index in [0.29, 0.717) is 17.2 Å². The molecule has 0 spiro atoms. The highest BCUT2D eigenvalue weighted by molar-refractivity contribution is 5.88. The van der Waals surface area contributed by atoms with Gasteiger partial charge in [0.2, 0.25) is 0 Å². The van der Waals surface area contributed by atoms with E-state index in [1.165, 1.54) is 0 Å². The van der Waals surface area contributed by atoms with E-state index in [0.717, 1.165) is 16.5 Å². The van der Waals surface area contributed by atoms with Crippen LogP contribution < -0.4 is 0 Å². The van der Waals surface area contributed by atoms with E-state index in [2.05, 4.69) is 25.2 Å². The summed E-state index contributed by atoms with van der Waals surface area (Å²) in [5.74, 6) is 1.24. The van der Waals surface area contributed by atoms with Crippen molar-refractivity contribution in [3.63, 3.8) is 0 Å². The second kappa shape index (κ2) is 7.06. The fourth-order valence-corrected chi connectivity index (χ4v) is 2.58. The highest BCUT2D eigenvalue weighted by atomic mass is 16.3. The molecule has 0 fully saturated rings. The molecule has 4 rings (SSSR count). The lowest BCUT2D eigenvalue weighted by Gasteiger charge is -2.05. The van der Waals surface area contributed by atoms with Crippen LogP contribution in [-0.2, 0) is 6.54 Å². The van der Waals surface area contributed by atoms with E-state index < -0.39 is 0 Å². The Morgan fingerprint density at radius 2 is 1.73 bits per heavy atom. The summed E-state index contributed by atoms with van der Waals surface area (Å²) in [7, 11) is 0. The van der Waals surface area contributed by atoms with Crippen molar-refractivity contribution < 1.29 is 5.11 Å². The normalized spacial score (nSPS) is 11.2. The number of nitrogens with zero attached hydrogens (tertiary/aromatic N) is 5. The van der Waals surface area contributed by atoms with Crippen LogP contribution >= 0.6 is 0 Å². The number of para-hydroxylation sites is 2. The molecule has 2 aromatic heterocycles. The Hall–Kier alpha value is -3.67. The molecule has 4 aromatic rings. The van der Waals surface area contributed by atoms with Gasteiger partial charge in [-0.25, -0.2) is 9.97 Å². The van der Waals surface area contributed by atoms with Crippen molar-refractivity contribution in [2.75, 3.05) is 0 Å². The maximum Gasteiger partial charge on any atom is 0.185 e. The van der Waals surface area contributed by atoms with E-state index in [9.17, 15) is 5.11 Å². The lowest BCUT2D eigenvalue weighted by Crippen LogP contribution is -1.91. The average Bonchev–Trinajstić information content (AvgIpc) is 2.70. The molecule has 6 heteroatoms. The summed E-state index contributed by atoms with van der Waals surface area (Å²) in [5, 5.41) is 19.2. The Kier molecular flexibility index (Phi) is 4.30. The molecule has 2 aromatic carbocycles. The lowest BCUT2D eigenvalue weighted by molar-refractivity contribution is 0.468. The van der Waals surface area contributed by atoms with Crippen LogP contribution in [0.1, 0.15) is 5.56 Å².